The van der Waals surface area contributed by atoms with Gasteiger partial charge in [0.15, 0.2) is 0 Å². The Labute approximate surface area is 134 Å². The van der Waals surface area contributed by atoms with Gasteiger partial charge in [-0.1, -0.05) is 34.1 Å². The average molecular weight is 346 g/mol. The molecule has 1 aliphatic rings. The van der Waals surface area contributed by atoms with Gasteiger partial charge in [0.25, 0.3) is 0 Å². The predicted octanol–water partition coefficient (Wildman–Crippen LogP) is 4.19. The molecule has 0 amide bonds. The van der Waals surface area contributed by atoms with Gasteiger partial charge in [0, 0.05) is 10.5 Å². The van der Waals surface area contributed by atoms with Crippen LogP contribution in [0.5, 0.6) is 5.75 Å². The van der Waals surface area contributed by atoms with Crippen molar-refractivity contribution in [3.05, 3.63) is 63.1 Å². The largest absolute Gasteiger partial charge is 0.497 e. The van der Waals surface area contributed by atoms with E-state index in [4.69, 9.17) is 10.5 Å². The summed E-state index contributed by atoms with van der Waals surface area (Å²) >= 11 is 3.59. The molecule has 2 nitrogen and oxygen atoms in total. The zero-order valence-corrected chi connectivity index (χ0v) is 13.8. The number of hydrogen-bond acceptors (Lipinski definition) is 2. The van der Waals surface area contributed by atoms with Gasteiger partial charge in [-0.05, 0) is 66.1 Å². The van der Waals surface area contributed by atoms with E-state index < -0.39 is 0 Å². The monoisotopic (exact) mass is 345 g/mol. The first-order valence-electron chi connectivity index (χ1n) is 7.37. The molecule has 2 N–H and O–H groups in total. The number of rotatable bonds is 4. The van der Waals surface area contributed by atoms with Gasteiger partial charge in [0.05, 0.1) is 7.11 Å². The van der Waals surface area contributed by atoms with Crippen molar-refractivity contribution in [3.8, 4) is 5.75 Å². The second-order valence-corrected chi connectivity index (χ2v) is 6.51. The highest BCUT2D eigenvalue weighted by Crippen LogP contribution is 2.30. The lowest BCUT2D eigenvalue weighted by Crippen LogP contribution is -2.14. The molecule has 2 aromatic rings. The number of benzene rings is 2. The standard InChI is InChI=1S/C18H20BrNO/c1-21-15-7-8-17(19)16(11-15)18(20)10-12-5-6-13-3-2-4-14(13)9-12/h5-9,11,18H,2-4,10,20H2,1H3. The summed E-state index contributed by atoms with van der Waals surface area (Å²) in [4.78, 5) is 0. The van der Waals surface area contributed by atoms with E-state index in [0.717, 1.165) is 22.2 Å². The molecule has 0 bridgehead atoms. The van der Waals surface area contributed by atoms with Gasteiger partial charge in [-0.15, -0.1) is 0 Å². The van der Waals surface area contributed by atoms with Crippen molar-refractivity contribution in [2.45, 2.75) is 31.7 Å². The van der Waals surface area contributed by atoms with Gasteiger partial charge in [-0.2, -0.15) is 0 Å². The Bertz CT molecular complexity index is 654. The van der Waals surface area contributed by atoms with Crippen LogP contribution in [0.2, 0.25) is 0 Å². The van der Waals surface area contributed by atoms with Crippen LogP contribution in [0, 0.1) is 0 Å². The van der Waals surface area contributed by atoms with Crippen LogP contribution < -0.4 is 10.5 Å². The Hall–Kier alpha value is -1.32. The van der Waals surface area contributed by atoms with E-state index in [-0.39, 0.29) is 6.04 Å². The molecular formula is C18H20BrNO. The van der Waals surface area contributed by atoms with Gasteiger partial charge in [0.1, 0.15) is 5.75 Å². The molecule has 0 aliphatic heterocycles. The average Bonchev–Trinajstić information content (AvgIpc) is 2.95. The first-order chi connectivity index (χ1) is 10.2. The van der Waals surface area contributed by atoms with Crippen LogP contribution in [0.3, 0.4) is 0 Å². The Morgan fingerprint density at radius 1 is 1.14 bits per heavy atom. The molecule has 3 rings (SSSR count). The van der Waals surface area contributed by atoms with Crippen molar-refractivity contribution in [3.63, 3.8) is 0 Å². The molecule has 0 spiro atoms. The molecule has 1 atom stereocenters. The number of nitrogens with two attached hydrogens (primary N) is 1. The highest BCUT2D eigenvalue weighted by molar-refractivity contribution is 9.10. The summed E-state index contributed by atoms with van der Waals surface area (Å²) in [6.07, 6.45) is 4.57. The van der Waals surface area contributed by atoms with Crippen LogP contribution in [-0.4, -0.2) is 7.11 Å². The number of hydrogen-bond donors (Lipinski definition) is 1. The minimum absolute atomic E-state index is 0.0334. The molecule has 0 heterocycles. The quantitative estimate of drug-likeness (QED) is 0.901. The zero-order chi connectivity index (χ0) is 14.8. The number of fused-ring (bicyclic) bond motifs is 1. The van der Waals surface area contributed by atoms with E-state index in [0.29, 0.717) is 0 Å². The van der Waals surface area contributed by atoms with Crippen LogP contribution in [0.1, 0.15) is 34.7 Å². The molecule has 2 aromatic carbocycles. The van der Waals surface area contributed by atoms with Crippen molar-refractivity contribution in [2.75, 3.05) is 7.11 Å². The maximum Gasteiger partial charge on any atom is 0.119 e. The minimum Gasteiger partial charge on any atom is -0.497 e. The highest BCUT2D eigenvalue weighted by atomic mass is 79.9. The molecule has 21 heavy (non-hydrogen) atoms. The Balaban J connectivity index is 1.81. The van der Waals surface area contributed by atoms with Crippen LogP contribution in [-0.2, 0) is 19.3 Å². The SMILES string of the molecule is COc1ccc(Br)c(C(N)Cc2ccc3c(c2)CCC3)c1. The summed E-state index contributed by atoms with van der Waals surface area (Å²) in [6.45, 7) is 0. The summed E-state index contributed by atoms with van der Waals surface area (Å²) in [6, 6.07) is 12.7. The first-order valence-corrected chi connectivity index (χ1v) is 8.16. The fraction of sp³-hybridized carbons (Fsp3) is 0.333. The van der Waals surface area contributed by atoms with E-state index in [9.17, 15) is 0 Å². The van der Waals surface area contributed by atoms with Crippen LogP contribution >= 0.6 is 15.9 Å². The fourth-order valence-electron chi connectivity index (χ4n) is 3.05. The Morgan fingerprint density at radius 2 is 1.95 bits per heavy atom. The molecule has 0 aromatic heterocycles. The van der Waals surface area contributed by atoms with Gasteiger partial charge in [-0.3, -0.25) is 0 Å². The maximum atomic E-state index is 6.41. The van der Waals surface area contributed by atoms with Crippen molar-refractivity contribution < 1.29 is 4.74 Å². The van der Waals surface area contributed by atoms with Gasteiger partial charge >= 0.3 is 0 Å². The fourth-order valence-corrected chi connectivity index (χ4v) is 3.59. The minimum atomic E-state index is -0.0334. The summed E-state index contributed by atoms with van der Waals surface area (Å²) in [5, 5.41) is 0. The van der Waals surface area contributed by atoms with Crippen LogP contribution in [0.25, 0.3) is 0 Å². The topological polar surface area (TPSA) is 35.2 Å². The van der Waals surface area contributed by atoms with Crippen molar-refractivity contribution in [1.82, 2.24) is 0 Å². The molecule has 0 saturated heterocycles. The third-order valence-electron chi connectivity index (χ3n) is 4.22. The predicted molar refractivity (Wildman–Crippen MR) is 89.8 cm³/mol. The summed E-state index contributed by atoms with van der Waals surface area (Å²) in [5.74, 6) is 0.845. The number of aryl methyl sites for hydroxylation is 2. The molecule has 110 valence electrons. The molecule has 0 radical (unpaired) electrons. The Kier molecular flexibility index (Phi) is 4.32. The van der Waals surface area contributed by atoms with Crippen molar-refractivity contribution >= 4 is 15.9 Å². The van der Waals surface area contributed by atoms with Crippen molar-refractivity contribution in [1.29, 1.82) is 0 Å². The van der Waals surface area contributed by atoms with E-state index >= 15 is 0 Å². The van der Waals surface area contributed by atoms with Gasteiger partial charge < -0.3 is 10.5 Å². The lowest BCUT2D eigenvalue weighted by atomic mass is 9.97. The number of methoxy groups -OCH3 is 1. The molecule has 0 saturated carbocycles. The molecule has 3 heteroatoms. The van der Waals surface area contributed by atoms with Crippen LogP contribution in [0.4, 0.5) is 0 Å². The zero-order valence-electron chi connectivity index (χ0n) is 12.2. The second-order valence-electron chi connectivity index (χ2n) is 5.65. The van der Waals surface area contributed by atoms with Gasteiger partial charge in [-0.25, -0.2) is 0 Å². The lowest BCUT2D eigenvalue weighted by Gasteiger charge is -2.16. The van der Waals surface area contributed by atoms with E-state index in [1.807, 2.05) is 18.2 Å². The number of ether oxygens (including phenoxy) is 1. The number of halogens is 1. The second kappa shape index (κ2) is 6.20. The summed E-state index contributed by atoms with van der Waals surface area (Å²) in [5.41, 5.74) is 11.8. The lowest BCUT2D eigenvalue weighted by molar-refractivity contribution is 0.413. The normalized spacial score (nSPS) is 14.8. The molecule has 1 unspecified atom stereocenters. The van der Waals surface area contributed by atoms with Crippen molar-refractivity contribution in [2.24, 2.45) is 5.73 Å². The smallest absolute Gasteiger partial charge is 0.119 e. The third-order valence-corrected chi connectivity index (χ3v) is 4.94. The van der Waals surface area contributed by atoms with E-state index in [1.54, 1.807) is 7.11 Å². The van der Waals surface area contributed by atoms with Crippen LogP contribution in [0.15, 0.2) is 40.9 Å². The molecule has 1 aliphatic carbocycles. The maximum absolute atomic E-state index is 6.41. The molecule has 0 fully saturated rings. The third kappa shape index (κ3) is 3.14. The Morgan fingerprint density at radius 3 is 2.76 bits per heavy atom. The van der Waals surface area contributed by atoms with E-state index in [2.05, 4.69) is 34.1 Å². The highest BCUT2D eigenvalue weighted by Gasteiger charge is 2.15. The van der Waals surface area contributed by atoms with Gasteiger partial charge in [0.2, 0.25) is 0 Å². The molecular weight excluding hydrogens is 326 g/mol. The summed E-state index contributed by atoms with van der Waals surface area (Å²) in [7, 11) is 1.68. The van der Waals surface area contributed by atoms with E-state index in [1.165, 1.54) is 36.0 Å². The summed E-state index contributed by atoms with van der Waals surface area (Å²) < 4.78 is 6.33. The first kappa shape index (κ1) is 14.6.